The number of nitrogens with zero attached hydrogens (tertiary/aromatic N) is 8. The van der Waals surface area contributed by atoms with Crippen molar-refractivity contribution in [1.29, 1.82) is 5.26 Å². The highest BCUT2D eigenvalue weighted by Gasteiger charge is 2.34. The van der Waals surface area contributed by atoms with Gasteiger partial charge >= 0.3 is 0 Å². The summed E-state index contributed by atoms with van der Waals surface area (Å²) in [5.41, 5.74) is 1.90. The van der Waals surface area contributed by atoms with Crippen LogP contribution in [-0.2, 0) is 0 Å². The van der Waals surface area contributed by atoms with Gasteiger partial charge in [0.2, 0.25) is 5.95 Å². The molecule has 0 aromatic carbocycles. The molecule has 2 saturated heterocycles. The quantitative estimate of drug-likeness (QED) is 0.690. The van der Waals surface area contributed by atoms with Gasteiger partial charge in [0.05, 0.1) is 23.5 Å². The van der Waals surface area contributed by atoms with Crippen LogP contribution in [0.15, 0.2) is 37.1 Å². The fourth-order valence-electron chi connectivity index (χ4n) is 3.92. The zero-order valence-electron chi connectivity index (χ0n) is 15.4. The average Bonchev–Trinajstić information content (AvgIpc) is 2.73. The lowest BCUT2D eigenvalue weighted by molar-refractivity contribution is 0.472. The monoisotopic (exact) mass is 372 g/mol. The van der Waals surface area contributed by atoms with Gasteiger partial charge in [-0.25, -0.2) is 15.0 Å². The van der Waals surface area contributed by atoms with Crippen molar-refractivity contribution >= 4 is 22.7 Å². The average molecular weight is 372 g/mol. The predicted molar refractivity (Wildman–Crippen MR) is 105 cm³/mol. The van der Waals surface area contributed by atoms with E-state index in [2.05, 4.69) is 40.8 Å². The molecule has 0 saturated carbocycles. The van der Waals surface area contributed by atoms with Crippen LogP contribution < -0.4 is 9.80 Å². The smallest absolute Gasteiger partial charge is 0.225 e. The zero-order chi connectivity index (χ0) is 18.9. The minimum atomic E-state index is 0.162. The number of hydrogen-bond donors (Lipinski definition) is 0. The summed E-state index contributed by atoms with van der Waals surface area (Å²) in [6.07, 6.45) is 10.7. The molecule has 0 aliphatic carbocycles. The summed E-state index contributed by atoms with van der Waals surface area (Å²) < 4.78 is 0. The molecule has 8 heteroatoms. The number of anilines is 2. The van der Waals surface area contributed by atoms with Crippen molar-refractivity contribution < 1.29 is 0 Å². The number of pyridine rings is 1. The van der Waals surface area contributed by atoms with Crippen molar-refractivity contribution in [3.8, 4) is 6.07 Å². The van der Waals surface area contributed by atoms with Crippen molar-refractivity contribution in [2.24, 2.45) is 5.92 Å². The van der Waals surface area contributed by atoms with E-state index in [1.165, 1.54) is 0 Å². The lowest BCUT2D eigenvalue weighted by Gasteiger charge is -2.40. The number of nitriles is 1. The van der Waals surface area contributed by atoms with Crippen LogP contribution in [0.3, 0.4) is 0 Å². The molecule has 2 aliphatic rings. The summed E-state index contributed by atoms with van der Waals surface area (Å²) in [6, 6.07) is 4.30. The number of rotatable bonds is 3. The normalized spacial score (nSPS) is 18.1. The van der Waals surface area contributed by atoms with Crippen LogP contribution in [-0.4, -0.2) is 51.1 Å². The van der Waals surface area contributed by atoms with Crippen LogP contribution in [0.5, 0.6) is 0 Å². The Bertz CT molecular complexity index is 1030. The number of hydrogen-bond acceptors (Lipinski definition) is 8. The molecule has 0 bridgehead atoms. The lowest BCUT2D eigenvalue weighted by Crippen LogP contribution is -2.47. The van der Waals surface area contributed by atoms with E-state index < -0.39 is 0 Å². The number of aromatic nitrogens is 5. The first-order valence-electron chi connectivity index (χ1n) is 9.59. The highest BCUT2D eigenvalue weighted by molar-refractivity contribution is 5.77. The molecule has 8 nitrogen and oxygen atoms in total. The Hall–Kier alpha value is -3.34. The fraction of sp³-hybridized carbons (Fsp3) is 0.400. The minimum Gasteiger partial charge on any atom is -0.355 e. The van der Waals surface area contributed by atoms with Gasteiger partial charge in [-0.1, -0.05) is 0 Å². The van der Waals surface area contributed by atoms with Gasteiger partial charge in [0.15, 0.2) is 5.82 Å². The van der Waals surface area contributed by atoms with Crippen molar-refractivity contribution in [2.45, 2.75) is 18.8 Å². The molecule has 0 radical (unpaired) electrons. The summed E-state index contributed by atoms with van der Waals surface area (Å²) >= 11 is 0. The third-order valence-corrected chi connectivity index (χ3v) is 5.61. The van der Waals surface area contributed by atoms with Crippen LogP contribution in [0.2, 0.25) is 0 Å². The highest BCUT2D eigenvalue weighted by Crippen LogP contribution is 2.34. The van der Waals surface area contributed by atoms with Crippen molar-refractivity contribution in [3.63, 3.8) is 0 Å². The summed E-state index contributed by atoms with van der Waals surface area (Å²) in [5, 5.41) is 10.1. The van der Waals surface area contributed by atoms with Crippen LogP contribution >= 0.6 is 0 Å². The molecule has 0 amide bonds. The van der Waals surface area contributed by atoms with Crippen molar-refractivity contribution in [2.75, 3.05) is 36.0 Å². The van der Waals surface area contributed by atoms with Crippen LogP contribution in [0.1, 0.15) is 24.5 Å². The summed E-state index contributed by atoms with van der Waals surface area (Å²) in [6.45, 7) is 3.38. The molecule has 3 aromatic heterocycles. The van der Waals surface area contributed by atoms with E-state index in [9.17, 15) is 0 Å². The second-order valence-electron chi connectivity index (χ2n) is 7.36. The van der Waals surface area contributed by atoms with Crippen molar-refractivity contribution in [3.05, 3.63) is 42.7 Å². The minimum absolute atomic E-state index is 0.162. The largest absolute Gasteiger partial charge is 0.355 e. The first kappa shape index (κ1) is 16.8. The van der Waals surface area contributed by atoms with Gasteiger partial charge in [0, 0.05) is 68.2 Å². The molecule has 2 aliphatic heterocycles. The van der Waals surface area contributed by atoms with E-state index in [0.717, 1.165) is 67.4 Å². The Morgan fingerprint density at radius 2 is 1.79 bits per heavy atom. The molecule has 5 rings (SSSR count). The van der Waals surface area contributed by atoms with Gasteiger partial charge in [0.25, 0.3) is 0 Å². The molecular weight excluding hydrogens is 352 g/mol. The van der Waals surface area contributed by atoms with Gasteiger partial charge in [-0.2, -0.15) is 5.26 Å². The Morgan fingerprint density at radius 1 is 0.964 bits per heavy atom. The van der Waals surface area contributed by atoms with Gasteiger partial charge < -0.3 is 9.80 Å². The Kier molecular flexibility index (Phi) is 4.20. The Morgan fingerprint density at radius 3 is 2.61 bits per heavy atom. The third kappa shape index (κ3) is 2.99. The predicted octanol–water partition coefficient (Wildman–Crippen LogP) is 2.16. The van der Waals surface area contributed by atoms with Crippen LogP contribution in [0, 0.1) is 17.2 Å². The molecule has 0 N–H and O–H groups in total. The number of fused-ring (bicyclic) bond motifs is 1. The standard InChI is InChI=1S/C20H20N8/c21-9-14-2-7-27(8-3-14)19-18(23-5-6-24-19)16-12-28(13-16)20-25-10-15-1-4-22-11-17(15)26-20/h1,4-6,10-11,14,16H,2-3,7-8,12-13H2. The van der Waals surface area contributed by atoms with Crippen LogP contribution in [0.25, 0.3) is 10.9 Å². The fourth-order valence-corrected chi connectivity index (χ4v) is 3.92. The van der Waals surface area contributed by atoms with E-state index in [1.54, 1.807) is 24.8 Å². The first-order chi connectivity index (χ1) is 13.8. The van der Waals surface area contributed by atoms with Crippen molar-refractivity contribution in [1.82, 2.24) is 24.9 Å². The molecular formula is C20H20N8. The lowest BCUT2D eigenvalue weighted by atomic mass is 9.94. The van der Waals surface area contributed by atoms with E-state index in [4.69, 9.17) is 5.26 Å². The van der Waals surface area contributed by atoms with Crippen LogP contribution in [0.4, 0.5) is 11.8 Å². The molecule has 0 unspecified atom stereocenters. The maximum Gasteiger partial charge on any atom is 0.225 e. The van der Waals surface area contributed by atoms with E-state index in [0.29, 0.717) is 5.92 Å². The van der Waals surface area contributed by atoms with Gasteiger partial charge in [-0.05, 0) is 18.9 Å². The topological polar surface area (TPSA) is 94.7 Å². The SMILES string of the molecule is N#CC1CCN(c2nccnc2C2CN(c3ncc4ccncc4n3)C2)CC1. The number of piperidine rings is 1. The zero-order valence-corrected chi connectivity index (χ0v) is 15.4. The highest BCUT2D eigenvalue weighted by atomic mass is 15.3. The third-order valence-electron chi connectivity index (χ3n) is 5.61. The first-order valence-corrected chi connectivity index (χ1v) is 9.59. The molecule has 28 heavy (non-hydrogen) atoms. The molecule has 0 spiro atoms. The second-order valence-corrected chi connectivity index (χ2v) is 7.36. The molecule has 0 atom stereocenters. The van der Waals surface area contributed by atoms with E-state index in [-0.39, 0.29) is 5.92 Å². The second kappa shape index (κ2) is 7.00. The Labute approximate surface area is 162 Å². The maximum atomic E-state index is 9.12. The van der Waals surface area contributed by atoms with Gasteiger partial charge in [0.1, 0.15) is 0 Å². The Balaban J connectivity index is 1.31. The summed E-state index contributed by atoms with van der Waals surface area (Å²) in [7, 11) is 0. The summed E-state index contributed by atoms with van der Waals surface area (Å²) in [4.78, 5) is 27.0. The molecule has 5 heterocycles. The molecule has 140 valence electrons. The van der Waals surface area contributed by atoms with E-state index in [1.807, 2.05) is 12.3 Å². The van der Waals surface area contributed by atoms with Gasteiger partial charge in [-0.3, -0.25) is 9.97 Å². The molecule has 2 fully saturated rings. The van der Waals surface area contributed by atoms with Gasteiger partial charge in [-0.15, -0.1) is 0 Å². The van der Waals surface area contributed by atoms with E-state index >= 15 is 0 Å². The molecule has 3 aromatic rings. The maximum absolute atomic E-state index is 9.12. The summed E-state index contributed by atoms with van der Waals surface area (Å²) in [5.74, 6) is 2.17.